The molecule has 2 fully saturated rings. The molecule has 2 unspecified atom stereocenters. The van der Waals surface area contributed by atoms with Gasteiger partial charge in [-0.1, -0.05) is 30.3 Å². The van der Waals surface area contributed by atoms with E-state index >= 15 is 0 Å². The van der Waals surface area contributed by atoms with Crippen molar-refractivity contribution in [2.75, 3.05) is 38.1 Å². The maximum Gasteiger partial charge on any atom is 0.313 e. The molecule has 6 heteroatoms. The third-order valence-electron chi connectivity index (χ3n) is 5.25. The van der Waals surface area contributed by atoms with Crippen LogP contribution in [0.5, 0.6) is 0 Å². The van der Waals surface area contributed by atoms with Crippen molar-refractivity contribution in [2.45, 2.75) is 0 Å². The average Bonchev–Trinajstić information content (AvgIpc) is 3.10. The summed E-state index contributed by atoms with van der Waals surface area (Å²) in [5.74, 6) is 0.191. The van der Waals surface area contributed by atoms with Gasteiger partial charge in [0.25, 0.3) is 0 Å². The molecule has 1 aromatic carbocycles. The summed E-state index contributed by atoms with van der Waals surface area (Å²) in [6.07, 6.45) is 0. The second kappa shape index (κ2) is 5.56. The Labute approximate surface area is 140 Å². The number of carbonyl (C=O) groups is 1. The van der Waals surface area contributed by atoms with Gasteiger partial charge < -0.3 is 14.9 Å². The lowest BCUT2D eigenvalue weighted by Gasteiger charge is -2.24. The van der Waals surface area contributed by atoms with Gasteiger partial charge in [0.05, 0.1) is 5.69 Å². The number of fused-ring (bicyclic) bond motifs is 1. The Kier molecular flexibility index (Phi) is 3.49. The summed E-state index contributed by atoms with van der Waals surface area (Å²) in [6.45, 7) is 2.63. The van der Waals surface area contributed by atoms with Gasteiger partial charge in [-0.05, 0) is 19.2 Å². The van der Waals surface area contributed by atoms with Gasteiger partial charge in [-0.25, -0.2) is 0 Å². The van der Waals surface area contributed by atoms with E-state index < -0.39 is 11.4 Å². The van der Waals surface area contributed by atoms with Gasteiger partial charge >= 0.3 is 5.97 Å². The van der Waals surface area contributed by atoms with Crippen LogP contribution in [0, 0.1) is 11.3 Å². The first-order chi connectivity index (χ1) is 11.6. The Bertz CT molecular complexity index is 749. The minimum absolute atomic E-state index is 0.135. The Balaban J connectivity index is 1.57. The highest BCUT2D eigenvalue weighted by Gasteiger charge is 2.57. The average molecular weight is 324 g/mol. The third kappa shape index (κ3) is 2.34. The van der Waals surface area contributed by atoms with Crippen LogP contribution in [-0.2, 0) is 4.79 Å². The number of benzene rings is 1. The number of aromatic nitrogens is 2. The van der Waals surface area contributed by atoms with E-state index in [1.807, 2.05) is 49.5 Å². The van der Waals surface area contributed by atoms with E-state index in [1.54, 1.807) is 0 Å². The largest absolute Gasteiger partial charge is 0.481 e. The molecule has 0 spiro atoms. The second-order valence-corrected chi connectivity index (χ2v) is 6.88. The first-order valence-electron chi connectivity index (χ1n) is 8.14. The summed E-state index contributed by atoms with van der Waals surface area (Å²) in [7, 11) is 1.99. The van der Waals surface area contributed by atoms with E-state index in [4.69, 9.17) is 0 Å². The van der Waals surface area contributed by atoms with Crippen LogP contribution >= 0.6 is 0 Å². The molecule has 0 amide bonds. The predicted octanol–water partition coefficient (Wildman–Crippen LogP) is 1.60. The highest BCUT2D eigenvalue weighted by Crippen LogP contribution is 2.43. The van der Waals surface area contributed by atoms with Crippen molar-refractivity contribution < 1.29 is 9.90 Å². The molecule has 2 aromatic rings. The standard InChI is InChI=1S/C18H20N4O2/c1-21-9-14-10-22(12-18(14,11-21)17(23)24)16-8-7-15(19-20-16)13-5-3-2-4-6-13/h2-8,14H,9-12H2,1H3,(H,23,24). The van der Waals surface area contributed by atoms with Crippen LogP contribution in [0.25, 0.3) is 11.3 Å². The Morgan fingerprint density at radius 2 is 1.92 bits per heavy atom. The lowest BCUT2D eigenvalue weighted by Crippen LogP contribution is -2.40. The van der Waals surface area contributed by atoms with Crippen molar-refractivity contribution in [1.29, 1.82) is 0 Å². The number of hydrogen-bond donors (Lipinski definition) is 1. The van der Waals surface area contributed by atoms with E-state index in [0.717, 1.165) is 30.2 Å². The molecule has 24 heavy (non-hydrogen) atoms. The van der Waals surface area contributed by atoms with Crippen LogP contribution in [0.15, 0.2) is 42.5 Å². The van der Waals surface area contributed by atoms with Crippen LogP contribution in [0.2, 0.25) is 0 Å². The number of anilines is 1. The van der Waals surface area contributed by atoms with E-state index in [1.165, 1.54) is 0 Å². The molecule has 0 aliphatic carbocycles. The van der Waals surface area contributed by atoms with Crippen LogP contribution in [0.3, 0.4) is 0 Å². The Morgan fingerprint density at radius 1 is 1.12 bits per heavy atom. The second-order valence-electron chi connectivity index (χ2n) is 6.88. The number of nitrogens with zero attached hydrogens (tertiary/aromatic N) is 4. The zero-order chi connectivity index (χ0) is 16.7. The van der Waals surface area contributed by atoms with E-state index in [9.17, 15) is 9.90 Å². The maximum atomic E-state index is 11.9. The normalized spacial score (nSPS) is 26.5. The molecule has 1 aromatic heterocycles. The summed E-state index contributed by atoms with van der Waals surface area (Å²) in [6, 6.07) is 13.8. The van der Waals surface area contributed by atoms with Gasteiger partial charge in [0, 0.05) is 37.7 Å². The van der Waals surface area contributed by atoms with E-state index in [-0.39, 0.29) is 5.92 Å². The zero-order valence-electron chi connectivity index (χ0n) is 13.6. The van der Waals surface area contributed by atoms with Crippen molar-refractivity contribution in [3.05, 3.63) is 42.5 Å². The fourth-order valence-electron chi connectivity index (χ4n) is 4.05. The van der Waals surface area contributed by atoms with Crippen molar-refractivity contribution in [1.82, 2.24) is 15.1 Å². The highest BCUT2D eigenvalue weighted by molar-refractivity contribution is 5.78. The fraction of sp³-hybridized carbons (Fsp3) is 0.389. The molecule has 2 saturated heterocycles. The molecule has 4 rings (SSSR count). The molecule has 0 bridgehead atoms. The van der Waals surface area contributed by atoms with Crippen molar-refractivity contribution in [3.8, 4) is 11.3 Å². The number of aliphatic carboxylic acids is 1. The molecule has 6 nitrogen and oxygen atoms in total. The summed E-state index contributed by atoms with van der Waals surface area (Å²) < 4.78 is 0. The summed E-state index contributed by atoms with van der Waals surface area (Å²) >= 11 is 0. The molecule has 0 saturated carbocycles. The van der Waals surface area contributed by atoms with Gasteiger partial charge in [-0.3, -0.25) is 4.79 Å². The first-order valence-corrected chi connectivity index (χ1v) is 8.14. The van der Waals surface area contributed by atoms with Gasteiger partial charge in [-0.2, -0.15) is 0 Å². The molecular formula is C18H20N4O2. The van der Waals surface area contributed by atoms with Crippen LogP contribution < -0.4 is 4.90 Å². The topological polar surface area (TPSA) is 69.6 Å². The van der Waals surface area contributed by atoms with Gasteiger partial charge in [0.15, 0.2) is 5.82 Å². The van der Waals surface area contributed by atoms with Crippen LogP contribution in [-0.4, -0.2) is 59.4 Å². The Hall–Kier alpha value is -2.47. The summed E-state index contributed by atoms with van der Waals surface area (Å²) in [5, 5.41) is 18.4. The minimum atomic E-state index is -0.701. The van der Waals surface area contributed by atoms with E-state index in [0.29, 0.717) is 13.1 Å². The molecular weight excluding hydrogens is 304 g/mol. The minimum Gasteiger partial charge on any atom is -0.481 e. The highest BCUT2D eigenvalue weighted by atomic mass is 16.4. The summed E-state index contributed by atoms with van der Waals surface area (Å²) in [4.78, 5) is 16.1. The quantitative estimate of drug-likeness (QED) is 0.925. The molecule has 3 heterocycles. The zero-order valence-corrected chi connectivity index (χ0v) is 13.6. The van der Waals surface area contributed by atoms with E-state index in [2.05, 4.69) is 20.0 Å². The summed E-state index contributed by atoms with van der Waals surface area (Å²) in [5.41, 5.74) is 1.17. The SMILES string of the molecule is CN1CC2CN(c3ccc(-c4ccccc4)nn3)CC2(C(=O)O)C1. The molecule has 124 valence electrons. The van der Waals surface area contributed by atoms with Crippen LogP contribution in [0.1, 0.15) is 0 Å². The number of carboxylic acids is 1. The molecule has 2 aliphatic heterocycles. The van der Waals surface area contributed by atoms with Crippen molar-refractivity contribution in [2.24, 2.45) is 11.3 Å². The van der Waals surface area contributed by atoms with Crippen molar-refractivity contribution in [3.63, 3.8) is 0 Å². The lowest BCUT2D eigenvalue weighted by atomic mass is 9.81. The molecule has 1 N–H and O–H groups in total. The predicted molar refractivity (Wildman–Crippen MR) is 90.7 cm³/mol. The molecule has 0 radical (unpaired) electrons. The monoisotopic (exact) mass is 324 g/mol. The fourth-order valence-corrected chi connectivity index (χ4v) is 4.05. The molecule has 2 aliphatic rings. The smallest absolute Gasteiger partial charge is 0.313 e. The number of rotatable bonds is 3. The van der Waals surface area contributed by atoms with Gasteiger partial charge in [-0.15, -0.1) is 10.2 Å². The molecule has 2 atom stereocenters. The van der Waals surface area contributed by atoms with Crippen LogP contribution in [0.4, 0.5) is 5.82 Å². The number of hydrogen-bond acceptors (Lipinski definition) is 5. The number of likely N-dealkylation sites (tertiary alicyclic amines) is 1. The lowest BCUT2D eigenvalue weighted by molar-refractivity contribution is -0.148. The van der Waals surface area contributed by atoms with Crippen molar-refractivity contribution >= 4 is 11.8 Å². The maximum absolute atomic E-state index is 11.9. The Morgan fingerprint density at radius 3 is 2.54 bits per heavy atom. The first kappa shape index (κ1) is 15.1. The third-order valence-corrected chi connectivity index (χ3v) is 5.25. The van der Waals surface area contributed by atoms with Gasteiger partial charge in [0.2, 0.25) is 0 Å². The van der Waals surface area contributed by atoms with Gasteiger partial charge in [0.1, 0.15) is 5.41 Å². The number of carboxylic acid groups (broad SMARTS) is 1.